The monoisotopic (exact) mass is 408 g/mol. The Hall–Kier alpha value is -2.81. The third-order valence-electron chi connectivity index (χ3n) is 5.40. The van der Waals surface area contributed by atoms with E-state index >= 15 is 0 Å². The van der Waals surface area contributed by atoms with E-state index in [0.29, 0.717) is 13.0 Å². The average Bonchev–Trinajstić information content (AvgIpc) is 2.98. The molecule has 1 saturated heterocycles. The molecule has 1 aliphatic heterocycles. The number of benzene rings is 1. The molecule has 0 bridgehead atoms. The first-order chi connectivity index (χ1) is 13.2. The highest BCUT2D eigenvalue weighted by atomic mass is 35.5. The summed E-state index contributed by atoms with van der Waals surface area (Å²) < 4.78 is 28.0. The van der Waals surface area contributed by atoms with Crippen molar-refractivity contribution in [2.45, 2.75) is 25.7 Å². The normalized spacial score (nSPS) is 17.8. The second-order valence-electron chi connectivity index (χ2n) is 7.17. The maximum atomic E-state index is 14.5. The standard InChI is InChI=1S/C18H15ClF2N4O3/c19-11-9(20)3-2-8(12(11)21)14-13(22)15(16(27)28)24-17(23-14)25-7-18(4-1-5-18)6-10(25)26/h2-3H,1,4-7,22H2,(H,27,28). The molecule has 1 spiro atoms. The Morgan fingerprint density at radius 1 is 1.29 bits per heavy atom. The minimum atomic E-state index is -1.46. The largest absolute Gasteiger partial charge is 0.476 e. The van der Waals surface area contributed by atoms with Gasteiger partial charge in [0.15, 0.2) is 11.5 Å². The van der Waals surface area contributed by atoms with Crippen molar-refractivity contribution in [1.82, 2.24) is 9.97 Å². The molecule has 2 aliphatic rings. The van der Waals surface area contributed by atoms with Crippen LogP contribution in [0.15, 0.2) is 12.1 Å². The number of rotatable bonds is 3. The molecule has 4 rings (SSSR count). The van der Waals surface area contributed by atoms with Gasteiger partial charge in [-0.1, -0.05) is 18.0 Å². The fourth-order valence-electron chi connectivity index (χ4n) is 3.75. The van der Waals surface area contributed by atoms with Gasteiger partial charge in [0.1, 0.15) is 16.5 Å². The lowest BCUT2D eigenvalue weighted by Gasteiger charge is -2.37. The van der Waals surface area contributed by atoms with Gasteiger partial charge in [-0.05, 0) is 30.4 Å². The predicted octanol–water partition coefficient (Wildman–Crippen LogP) is 3.26. The predicted molar refractivity (Wildman–Crippen MR) is 97.0 cm³/mol. The maximum absolute atomic E-state index is 14.5. The molecule has 1 aromatic carbocycles. The van der Waals surface area contributed by atoms with Gasteiger partial charge in [-0.2, -0.15) is 0 Å². The molecular formula is C18H15ClF2N4O3. The number of nitrogens with zero attached hydrogens (tertiary/aromatic N) is 3. The van der Waals surface area contributed by atoms with Gasteiger partial charge in [-0.3, -0.25) is 9.69 Å². The molecule has 0 atom stereocenters. The summed E-state index contributed by atoms with van der Waals surface area (Å²) in [5.41, 5.74) is 4.21. The highest BCUT2D eigenvalue weighted by Crippen LogP contribution is 2.49. The summed E-state index contributed by atoms with van der Waals surface area (Å²) in [5, 5.41) is 8.68. The molecule has 1 aromatic heterocycles. The van der Waals surface area contributed by atoms with Gasteiger partial charge in [0, 0.05) is 18.5 Å². The molecule has 1 amide bonds. The van der Waals surface area contributed by atoms with Crippen molar-refractivity contribution in [2.24, 2.45) is 5.41 Å². The number of hydrogen-bond donors (Lipinski definition) is 2. The number of amides is 1. The van der Waals surface area contributed by atoms with E-state index in [4.69, 9.17) is 17.3 Å². The van der Waals surface area contributed by atoms with Crippen LogP contribution in [0.4, 0.5) is 20.4 Å². The minimum absolute atomic E-state index is 0.143. The van der Waals surface area contributed by atoms with Crippen molar-refractivity contribution in [3.8, 4) is 11.3 Å². The molecule has 28 heavy (non-hydrogen) atoms. The van der Waals surface area contributed by atoms with E-state index in [1.807, 2.05) is 0 Å². The van der Waals surface area contributed by atoms with E-state index in [0.717, 1.165) is 31.4 Å². The second-order valence-corrected chi connectivity index (χ2v) is 7.55. The van der Waals surface area contributed by atoms with E-state index in [9.17, 15) is 23.5 Å². The van der Waals surface area contributed by atoms with Crippen LogP contribution in [0, 0.1) is 17.0 Å². The third-order valence-corrected chi connectivity index (χ3v) is 5.75. The van der Waals surface area contributed by atoms with Crippen molar-refractivity contribution < 1.29 is 23.5 Å². The number of carboxylic acids is 1. The Balaban J connectivity index is 1.87. The fraction of sp³-hybridized carbons (Fsp3) is 0.333. The summed E-state index contributed by atoms with van der Waals surface area (Å²) in [4.78, 5) is 33.5. The minimum Gasteiger partial charge on any atom is -0.476 e. The Labute approximate surface area is 163 Å². The van der Waals surface area contributed by atoms with Crippen molar-refractivity contribution in [2.75, 3.05) is 17.2 Å². The molecule has 2 fully saturated rings. The lowest BCUT2D eigenvalue weighted by atomic mass is 9.68. The van der Waals surface area contributed by atoms with E-state index < -0.39 is 34.0 Å². The smallest absolute Gasteiger partial charge is 0.356 e. The molecule has 3 N–H and O–H groups in total. The molecule has 2 aromatic rings. The molecular weight excluding hydrogens is 394 g/mol. The fourth-order valence-corrected chi connectivity index (χ4v) is 3.91. The summed E-state index contributed by atoms with van der Waals surface area (Å²) >= 11 is 5.63. The van der Waals surface area contributed by atoms with Crippen LogP contribution in [0.1, 0.15) is 36.2 Å². The first-order valence-corrected chi connectivity index (χ1v) is 8.95. The number of nitrogens with two attached hydrogens (primary N) is 1. The topological polar surface area (TPSA) is 109 Å². The summed E-state index contributed by atoms with van der Waals surface area (Å²) in [6.45, 7) is 0.362. The van der Waals surface area contributed by atoms with Gasteiger partial charge < -0.3 is 10.8 Å². The summed E-state index contributed by atoms with van der Waals surface area (Å²) in [6.07, 6.45) is 3.14. The van der Waals surface area contributed by atoms with Gasteiger partial charge in [0.2, 0.25) is 11.9 Å². The lowest BCUT2D eigenvalue weighted by molar-refractivity contribution is -0.118. The number of aromatic carboxylic acids is 1. The highest BCUT2D eigenvalue weighted by molar-refractivity contribution is 6.31. The van der Waals surface area contributed by atoms with E-state index in [-0.39, 0.29) is 28.5 Å². The first kappa shape index (κ1) is 18.5. The molecule has 146 valence electrons. The van der Waals surface area contributed by atoms with Gasteiger partial charge in [-0.25, -0.2) is 23.5 Å². The number of halogens is 3. The Morgan fingerprint density at radius 2 is 2.00 bits per heavy atom. The molecule has 1 aliphatic carbocycles. The SMILES string of the molecule is Nc1c(C(=O)O)nc(N2CC3(CCC3)CC2=O)nc1-c1ccc(F)c(Cl)c1F. The second kappa shape index (κ2) is 6.37. The number of carboxylic acid groups (broad SMARTS) is 1. The maximum Gasteiger partial charge on any atom is 0.356 e. The van der Waals surface area contributed by atoms with Gasteiger partial charge in [0.05, 0.1) is 5.69 Å². The van der Waals surface area contributed by atoms with Crippen molar-refractivity contribution in [3.05, 3.63) is 34.5 Å². The number of anilines is 2. The first-order valence-electron chi connectivity index (χ1n) is 8.57. The van der Waals surface area contributed by atoms with E-state index in [1.165, 1.54) is 4.90 Å². The summed E-state index contributed by atoms with van der Waals surface area (Å²) in [5.74, 6) is -3.96. The molecule has 0 unspecified atom stereocenters. The van der Waals surface area contributed by atoms with Crippen molar-refractivity contribution in [3.63, 3.8) is 0 Å². The zero-order valence-corrected chi connectivity index (χ0v) is 15.3. The van der Waals surface area contributed by atoms with Crippen LogP contribution >= 0.6 is 11.6 Å². The number of hydrogen-bond acceptors (Lipinski definition) is 5. The summed E-state index contributed by atoms with van der Waals surface area (Å²) in [6, 6.07) is 1.98. The number of carbonyl (C=O) groups is 2. The van der Waals surface area contributed by atoms with Gasteiger partial charge >= 0.3 is 5.97 Å². The molecule has 10 heteroatoms. The van der Waals surface area contributed by atoms with E-state index in [1.54, 1.807) is 0 Å². The van der Waals surface area contributed by atoms with Crippen LogP contribution in [0.3, 0.4) is 0 Å². The van der Waals surface area contributed by atoms with Gasteiger partial charge in [-0.15, -0.1) is 0 Å². The number of aromatic nitrogens is 2. The highest BCUT2D eigenvalue weighted by Gasteiger charge is 2.48. The molecule has 1 saturated carbocycles. The van der Waals surface area contributed by atoms with Crippen molar-refractivity contribution in [1.29, 1.82) is 0 Å². The van der Waals surface area contributed by atoms with Crippen LogP contribution in [0.5, 0.6) is 0 Å². The van der Waals surface area contributed by atoms with Crippen LogP contribution in [-0.2, 0) is 4.79 Å². The average molecular weight is 409 g/mol. The third kappa shape index (κ3) is 2.77. The van der Waals surface area contributed by atoms with Crippen LogP contribution in [0.25, 0.3) is 11.3 Å². The van der Waals surface area contributed by atoms with Crippen LogP contribution < -0.4 is 10.6 Å². The molecule has 0 radical (unpaired) electrons. The zero-order valence-electron chi connectivity index (χ0n) is 14.5. The number of carbonyl (C=O) groups excluding carboxylic acids is 1. The molecule has 7 nitrogen and oxygen atoms in total. The van der Waals surface area contributed by atoms with Gasteiger partial charge in [0.25, 0.3) is 0 Å². The Morgan fingerprint density at radius 3 is 2.57 bits per heavy atom. The summed E-state index contributed by atoms with van der Waals surface area (Å²) in [7, 11) is 0. The Bertz CT molecular complexity index is 1030. The molecule has 2 heterocycles. The zero-order chi connectivity index (χ0) is 20.2. The Kier molecular flexibility index (Phi) is 4.22. The lowest BCUT2D eigenvalue weighted by Crippen LogP contribution is -2.34. The van der Waals surface area contributed by atoms with Crippen LogP contribution in [0.2, 0.25) is 5.02 Å². The number of nitrogen functional groups attached to an aromatic ring is 1. The van der Waals surface area contributed by atoms with Crippen LogP contribution in [-0.4, -0.2) is 33.5 Å². The van der Waals surface area contributed by atoms with Crippen molar-refractivity contribution >= 4 is 35.1 Å². The quantitative estimate of drug-likeness (QED) is 0.754. The van der Waals surface area contributed by atoms with E-state index in [2.05, 4.69) is 9.97 Å².